The first-order valence-corrected chi connectivity index (χ1v) is 9.15. The first-order valence-electron chi connectivity index (χ1n) is 8.39. The summed E-state index contributed by atoms with van der Waals surface area (Å²) in [5.41, 5.74) is 2.76. The first kappa shape index (κ1) is 18.3. The van der Waals surface area contributed by atoms with Crippen LogP contribution in [0.4, 0.5) is 0 Å². The molecule has 5 nitrogen and oxygen atoms in total. The lowest BCUT2D eigenvalue weighted by molar-refractivity contribution is 0.0697. The van der Waals surface area contributed by atoms with E-state index >= 15 is 0 Å². The summed E-state index contributed by atoms with van der Waals surface area (Å²) >= 11 is 12.5. The van der Waals surface area contributed by atoms with Gasteiger partial charge in [0.05, 0.1) is 32.2 Å². The third-order valence-corrected chi connectivity index (χ3v) is 4.94. The zero-order chi connectivity index (χ0) is 19.8. The molecule has 1 N–H and O–H groups in total. The van der Waals surface area contributed by atoms with E-state index < -0.39 is 5.97 Å². The van der Waals surface area contributed by atoms with Crippen LogP contribution in [-0.2, 0) is 0 Å². The average molecular weight is 413 g/mol. The van der Waals surface area contributed by atoms with Crippen LogP contribution in [0.15, 0.2) is 60.7 Å². The molecule has 0 saturated heterocycles. The highest BCUT2D eigenvalue weighted by atomic mass is 35.5. The molecule has 0 unspecified atom stereocenters. The predicted molar refractivity (Wildman–Crippen MR) is 109 cm³/mol. The summed E-state index contributed by atoms with van der Waals surface area (Å²) in [4.78, 5) is 11.1. The second-order valence-corrected chi connectivity index (χ2v) is 7.01. The van der Waals surface area contributed by atoms with Gasteiger partial charge < -0.3 is 9.84 Å². The number of carbonyl (C=O) groups is 1. The van der Waals surface area contributed by atoms with E-state index in [2.05, 4.69) is 5.10 Å². The molecule has 0 fully saturated rings. The molecule has 3 aromatic carbocycles. The quantitative estimate of drug-likeness (QED) is 0.437. The van der Waals surface area contributed by atoms with E-state index in [4.69, 9.17) is 33.0 Å². The van der Waals surface area contributed by atoms with Gasteiger partial charge in [0.15, 0.2) is 5.75 Å². The minimum absolute atomic E-state index is 0.205. The maximum Gasteiger partial charge on any atom is 0.335 e. The van der Waals surface area contributed by atoms with Crippen molar-refractivity contribution in [3.63, 3.8) is 0 Å². The van der Waals surface area contributed by atoms with E-state index in [1.807, 2.05) is 25.1 Å². The van der Waals surface area contributed by atoms with E-state index in [9.17, 15) is 4.79 Å². The van der Waals surface area contributed by atoms with E-state index in [1.54, 1.807) is 35.0 Å². The number of carboxylic acid groups (broad SMARTS) is 1. The molecule has 1 aromatic heterocycles. The fourth-order valence-electron chi connectivity index (χ4n) is 2.99. The molecule has 0 amide bonds. The van der Waals surface area contributed by atoms with Gasteiger partial charge in [-0.25, -0.2) is 9.48 Å². The van der Waals surface area contributed by atoms with Crippen molar-refractivity contribution in [3.8, 4) is 17.3 Å². The Morgan fingerprint density at radius 1 is 1.00 bits per heavy atom. The molecule has 0 atom stereocenters. The van der Waals surface area contributed by atoms with Crippen LogP contribution in [0.3, 0.4) is 0 Å². The number of para-hydroxylation sites is 2. The van der Waals surface area contributed by atoms with Gasteiger partial charge in [0.1, 0.15) is 0 Å². The number of carboxylic acids is 1. The van der Waals surface area contributed by atoms with Crippen molar-refractivity contribution in [2.24, 2.45) is 0 Å². The number of ether oxygens (including phenoxy) is 1. The smallest absolute Gasteiger partial charge is 0.335 e. The highest BCUT2D eigenvalue weighted by molar-refractivity contribution is 6.37. The Morgan fingerprint density at radius 3 is 2.29 bits per heavy atom. The van der Waals surface area contributed by atoms with Crippen molar-refractivity contribution < 1.29 is 14.6 Å². The molecular weight excluding hydrogens is 399 g/mol. The van der Waals surface area contributed by atoms with Crippen molar-refractivity contribution >= 4 is 40.1 Å². The number of halogens is 2. The molecule has 4 aromatic rings. The summed E-state index contributed by atoms with van der Waals surface area (Å²) in [5, 5.41) is 15.3. The van der Waals surface area contributed by atoms with Gasteiger partial charge in [0, 0.05) is 0 Å². The van der Waals surface area contributed by atoms with Gasteiger partial charge in [0.2, 0.25) is 5.88 Å². The summed E-state index contributed by atoms with van der Waals surface area (Å²) in [6, 6.07) is 17.4. The van der Waals surface area contributed by atoms with Crippen molar-refractivity contribution in [1.82, 2.24) is 9.78 Å². The molecule has 0 saturated carbocycles. The summed E-state index contributed by atoms with van der Waals surface area (Å²) in [6.07, 6.45) is 0. The van der Waals surface area contributed by atoms with Gasteiger partial charge in [-0.05, 0) is 55.0 Å². The standard InChI is InChI=1S/C21H14Cl2N2O3/c1-12-4-2-5-15-18(12)25(14-10-8-13(9-11-14)21(26)27)24-20(15)28-19-16(22)6-3-7-17(19)23/h2-11H,1H3,(H,26,27). The molecule has 0 bridgehead atoms. The molecule has 4 rings (SSSR count). The van der Waals surface area contributed by atoms with Crippen LogP contribution in [0.2, 0.25) is 10.0 Å². The Hall–Kier alpha value is -3.02. The van der Waals surface area contributed by atoms with Crippen molar-refractivity contribution in [1.29, 1.82) is 0 Å². The number of hydrogen-bond donors (Lipinski definition) is 1. The van der Waals surface area contributed by atoms with E-state index in [-0.39, 0.29) is 5.56 Å². The minimum Gasteiger partial charge on any atom is -0.478 e. The predicted octanol–water partition coefficient (Wildman–Crippen LogP) is 6.13. The Morgan fingerprint density at radius 2 is 1.64 bits per heavy atom. The number of rotatable bonds is 4. The normalized spacial score (nSPS) is 11.0. The highest BCUT2D eigenvalue weighted by Crippen LogP contribution is 2.39. The molecule has 140 valence electrons. The van der Waals surface area contributed by atoms with Crippen LogP contribution in [0.25, 0.3) is 16.6 Å². The Bertz CT molecular complexity index is 1180. The van der Waals surface area contributed by atoms with Gasteiger partial charge in [-0.1, -0.05) is 41.4 Å². The Labute approximate surface area is 170 Å². The first-order chi connectivity index (χ1) is 13.5. The lowest BCUT2D eigenvalue weighted by Crippen LogP contribution is -2.00. The number of aryl methyl sites for hydroxylation is 1. The molecule has 0 aliphatic rings. The molecule has 0 spiro atoms. The molecular formula is C21H14Cl2N2O3. The lowest BCUT2D eigenvalue weighted by atomic mass is 10.1. The summed E-state index contributed by atoms with van der Waals surface area (Å²) in [6.45, 7) is 1.97. The van der Waals surface area contributed by atoms with Crippen molar-refractivity contribution in [2.75, 3.05) is 0 Å². The number of fused-ring (bicyclic) bond motifs is 1. The topological polar surface area (TPSA) is 64.4 Å². The number of benzene rings is 3. The largest absolute Gasteiger partial charge is 0.478 e. The third-order valence-electron chi connectivity index (χ3n) is 4.35. The second-order valence-electron chi connectivity index (χ2n) is 6.19. The fourth-order valence-corrected chi connectivity index (χ4v) is 3.47. The molecule has 28 heavy (non-hydrogen) atoms. The van der Waals surface area contributed by atoms with E-state index in [0.717, 1.165) is 16.5 Å². The Kier molecular flexibility index (Phi) is 4.71. The van der Waals surface area contributed by atoms with Crippen LogP contribution >= 0.6 is 23.2 Å². The highest BCUT2D eigenvalue weighted by Gasteiger charge is 2.18. The number of aromatic nitrogens is 2. The summed E-state index contributed by atoms with van der Waals surface area (Å²) < 4.78 is 7.70. The SMILES string of the molecule is Cc1cccc2c(Oc3c(Cl)cccc3Cl)nn(-c3ccc(C(=O)O)cc3)c12. The van der Waals surface area contributed by atoms with Crippen molar-refractivity contribution in [2.45, 2.75) is 6.92 Å². The third kappa shape index (κ3) is 3.19. The van der Waals surface area contributed by atoms with Gasteiger partial charge in [0.25, 0.3) is 0 Å². The minimum atomic E-state index is -0.981. The van der Waals surface area contributed by atoms with Crippen LogP contribution < -0.4 is 4.74 Å². The number of hydrogen-bond acceptors (Lipinski definition) is 3. The average Bonchev–Trinajstić information content (AvgIpc) is 3.05. The van der Waals surface area contributed by atoms with Gasteiger partial charge in [-0.15, -0.1) is 5.10 Å². The maximum atomic E-state index is 11.1. The van der Waals surface area contributed by atoms with E-state index in [0.29, 0.717) is 27.4 Å². The maximum absolute atomic E-state index is 11.1. The van der Waals surface area contributed by atoms with Crippen LogP contribution in [0, 0.1) is 6.92 Å². The zero-order valence-electron chi connectivity index (χ0n) is 14.7. The lowest BCUT2D eigenvalue weighted by Gasteiger charge is -2.07. The zero-order valence-corrected chi connectivity index (χ0v) is 16.2. The summed E-state index contributed by atoms with van der Waals surface area (Å²) in [7, 11) is 0. The van der Waals surface area contributed by atoms with Crippen LogP contribution in [-0.4, -0.2) is 20.9 Å². The molecule has 0 aliphatic carbocycles. The second kappa shape index (κ2) is 7.19. The molecule has 1 heterocycles. The van der Waals surface area contributed by atoms with Crippen LogP contribution in [0.5, 0.6) is 11.6 Å². The van der Waals surface area contributed by atoms with Crippen LogP contribution in [0.1, 0.15) is 15.9 Å². The van der Waals surface area contributed by atoms with E-state index in [1.165, 1.54) is 12.1 Å². The monoisotopic (exact) mass is 412 g/mol. The molecule has 0 radical (unpaired) electrons. The number of aromatic carboxylic acids is 1. The Balaban J connectivity index is 1.88. The fraction of sp³-hybridized carbons (Fsp3) is 0.0476. The van der Waals surface area contributed by atoms with Gasteiger partial charge in [-0.3, -0.25) is 0 Å². The van der Waals surface area contributed by atoms with Gasteiger partial charge >= 0.3 is 5.97 Å². The molecule has 0 aliphatic heterocycles. The summed E-state index contributed by atoms with van der Waals surface area (Å²) in [5.74, 6) is -0.290. The van der Waals surface area contributed by atoms with Crippen molar-refractivity contribution in [3.05, 3.63) is 81.8 Å². The number of nitrogens with zero attached hydrogens (tertiary/aromatic N) is 2. The molecule has 7 heteroatoms. The van der Waals surface area contributed by atoms with Gasteiger partial charge in [-0.2, -0.15) is 0 Å².